The van der Waals surface area contributed by atoms with Crippen LogP contribution in [0.5, 0.6) is 5.75 Å². The minimum Gasteiger partial charge on any atom is -0.497 e. The normalized spacial score (nSPS) is 10.3. The number of nitrogens with zero attached hydrogens (tertiary/aromatic N) is 1. The molecule has 0 spiro atoms. The lowest BCUT2D eigenvalue weighted by molar-refractivity contribution is 0.282. The molecule has 0 atom stereocenters. The van der Waals surface area contributed by atoms with Crippen molar-refractivity contribution in [3.63, 3.8) is 0 Å². The highest BCUT2D eigenvalue weighted by molar-refractivity contribution is 6.31. The maximum absolute atomic E-state index is 9.12. The molecule has 0 aliphatic rings. The molecule has 0 amide bonds. The molecule has 0 fully saturated rings. The fourth-order valence-corrected chi connectivity index (χ4v) is 2.08. The third-order valence-corrected chi connectivity index (χ3v) is 3.39. The molecule has 0 aromatic heterocycles. The molecule has 1 N–H and O–H groups in total. The monoisotopic (exact) mass is 277 g/mol. The van der Waals surface area contributed by atoms with Crippen LogP contribution in [0.15, 0.2) is 42.5 Å². The molecule has 0 radical (unpaired) electrons. The van der Waals surface area contributed by atoms with Gasteiger partial charge in [-0.05, 0) is 29.8 Å². The van der Waals surface area contributed by atoms with Gasteiger partial charge in [0.1, 0.15) is 5.75 Å². The number of aliphatic hydroxyl groups excluding tert-OH is 1. The Morgan fingerprint density at radius 3 is 2.53 bits per heavy atom. The van der Waals surface area contributed by atoms with Gasteiger partial charge in [0.25, 0.3) is 0 Å². The first-order valence-corrected chi connectivity index (χ1v) is 6.30. The fraction of sp³-hybridized carbons (Fsp3) is 0.200. The average Bonchev–Trinajstić information content (AvgIpc) is 2.46. The van der Waals surface area contributed by atoms with E-state index in [9.17, 15) is 0 Å². The van der Waals surface area contributed by atoms with Crippen molar-refractivity contribution in [1.29, 1.82) is 0 Å². The summed E-state index contributed by atoms with van der Waals surface area (Å²) in [6.07, 6.45) is 0. The van der Waals surface area contributed by atoms with Crippen LogP contribution >= 0.6 is 11.6 Å². The molecule has 19 heavy (non-hydrogen) atoms. The molecule has 3 nitrogen and oxygen atoms in total. The summed E-state index contributed by atoms with van der Waals surface area (Å²) in [5, 5.41) is 9.68. The van der Waals surface area contributed by atoms with Crippen molar-refractivity contribution in [3.05, 3.63) is 53.1 Å². The number of methoxy groups -OCH3 is 1. The Labute approximate surface area is 118 Å². The van der Waals surface area contributed by atoms with E-state index in [1.54, 1.807) is 7.11 Å². The smallest absolute Gasteiger partial charge is 0.120 e. The lowest BCUT2D eigenvalue weighted by atomic mass is 10.2. The van der Waals surface area contributed by atoms with Crippen LogP contribution < -0.4 is 9.64 Å². The van der Waals surface area contributed by atoms with Crippen molar-refractivity contribution in [2.24, 2.45) is 0 Å². The summed E-state index contributed by atoms with van der Waals surface area (Å²) in [6, 6.07) is 13.4. The first-order chi connectivity index (χ1) is 9.15. The second-order valence-corrected chi connectivity index (χ2v) is 4.60. The van der Waals surface area contributed by atoms with E-state index in [0.717, 1.165) is 22.7 Å². The summed E-state index contributed by atoms with van der Waals surface area (Å²) in [6.45, 7) is -0.0536. The Balaban J connectivity index is 2.32. The van der Waals surface area contributed by atoms with E-state index in [1.165, 1.54) is 0 Å². The highest BCUT2D eigenvalue weighted by atomic mass is 35.5. The van der Waals surface area contributed by atoms with Crippen LogP contribution in [0.3, 0.4) is 0 Å². The van der Waals surface area contributed by atoms with Crippen molar-refractivity contribution in [3.8, 4) is 5.75 Å². The van der Waals surface area contributed by atoms with Gasteiger partial charge in [0.15, 0.2) is 0 Å². The first-order valence-electron chi connectivity index (χ1n) is 5.92. The Bertz CT molecular complexity index is 572. The SMILES string of the molecule is COc1cccc(N(C)c2ccc(CO)c(Cl)c2)c1. The van der Waals surface area contributed by atoms with Gasteiger partial charge < -0.3 is 14.7 Å². The number of rotatable bonds is 4. The lowest BCUT2D eigenvalue weighted by Crippen LogP contribution is -2.09. The Morgan fingerprint density at radius 1 is 1.16 bits per heavy atom. The Kier molecular flexibility index (Phi) is 4.30. The average molecular weight is 278 g/mol. The van der Waals surface area contributed by atoms with E-state index in [2.05, 4.69) is 0 Å². The molecule has 2 aromatic rings. The third-order valence-electron chi connectivity index (χ3n) is 3.03. The quantitative estimate of drug-likeness (QED) is 0.927. The van der Waals surface area contributed by atoms with Gasteiger partial charge in [0.05, 0.1) is 13.7 Å². The third kappa shape index (κ3) is 3.00. The maximum atomic E-state index is 9.12. The highest BCUT2D eigenvalue weighted by Gasteiger charge is 2.07. The molecule has 0 saturated carbocycles. The standard InChI is InChI=1S/C15H16ClNO2/c1-17(12-4-3-5-14(8-12)19-2)13-7-6-11(10-18)15(16)9-13/h3-9,18H,10H2,1-2H3. The zero-order chi connectivity index (χ0) is 13.8. The number of hydrogen-bond acceptors (Lipinski definition) is 3. The molecule has 0 unspecified atom stereocenters. The van der Waals surface area contributed by atoms with Gasteiger partial charge in [-0.25, -0.2) is 0 Å². The van der Waals surface area contributed by atoms with Crippen LogP contribution in [0.2, 0.25) is 5.02 Å². The molecule has 0 saturated heterocycles. The number of aliphatic hydroxyl groups is 1. The summed E-state index contributed by atoms with van der Waals surface area (Å²) >= 11 is 6.11. The van der Waals surface area contributed by atoms with E-state index < -0.39 is 0 Å². The molecule has 0 aliphatic carbocycles. The topological polar surface area (TPSA) is 32.7 Å². The van der Waals surface area contributed by atoms with Crippen LogP contribution in [-0.2, 0) is 6.61 Å². The van der Waals surface area contributed by atoms with E-state index >= 15 is 0 Å². The van der Waals surface area contributed by atoms with Gasteiger partial charge in [0, 0.05) is 29.5 Å². The molecule has 100 valence electrons. The number of hydrogen-bond donors (Lipinski definition) is 1. The Morgan fingerprint density at radius 2 is 1.89 bits per heavy atom. The van der Waals surface area contributed by atoms with Gasteiger partial charge in [-0.3, -0.25) is 0 Å². The summed E-state index contributed by atoms with van der Waals surface area (Å²) in [5.74, 6) is 0.808. The first kappa shape index (κ1) is 13.7. The zero-order valence-electron chi connectivity index (χ0n) is 10.9. The van der Waals surface area contributed by atoms with Crippen molar-refractivity contribution < 1.29 is 9.84 Å². The van der Waals surface area contributed by atoms with Gasteiger partial charge in [-0.15, -0.1) is 0 Å². The minimum atomic E-state index is -0.0536. The summed E-state index contributed by atoms with van der Waals surface area (Å²) in [5.41, 5.74) is 2.69. The van der Waals surface area contributed by atoms with Crippen molar-refractivity contribution in [1.82, 2.24) is 0 Å². The van der Waals surface area contributed by atoms with Crippen LogP contribution in [0, 0.1) is 0 Å². The number of halogens is 1. The van der Waals surface area contributed by atoms with E-state index in [4.69, 9.17) is 21.4 Å². The predicted octanol–water partition coefficient (Wildman–Crippen LogP) is 3.61. The zero-order valence-corrected chi connectivity index (χ0v) is 11.7. The van der Waals surface area contributed by atoms with Gasteiger partial charge >= 0.3 is 0 Å². The number of anilines is 2. The highest BCUT2D eigenvalue weighted by Crippen LogP contribution is 2.29. The molecular weight excluding hydrogens is 262 g/mol. The van der Waals surface area contributed by atoms with E-state index in [1.807, 2.05) is 54.4 Å². The molecular formula is C15H16ClNO2. The van der Waals surface area contributed by atoms with Gasteiger partial charge in [-0.1, -0.05) is 23.7 Å². The summed E-state index contributed by atoms with van der Waals surface area (Å²) in [4.78, 5) is 2.01. The maximum Gasteiger partial charge on any atom is 0.120 e. The summed E-state index contributed by atoms with van der Waals surface area (Å²) in [7, 11) is 3.60. The van der Waals surface area contributed by atoms with Crippen LogP contribution in [0.25, 0.3) is 0 Å². The molecule has 4 heteroatoms. The van der Waals surface area contributed by atoms with Crippen molar-refractivity contribution in [2.45, 2.75) is 6.61 Å². The molecule has 2 aromatic carbocycles. The van der Waals surface area contributed by atoms with Gasteiger partial charge in [0.2, 0.25) is 0 Å². The van der Waals surface area contributed by atoms with Crippen molar-refractivity contribution in [2.75, 3.05) is 19.1 Å². The molecule has 0 aliphatic heterocycles. The van der Waals surface area contributed by atoms with Crippen molar-refractivity contribution >= 4 is 23.0 Å². The van der Waals surface area contributed by atoms with Crippen LogP contribution in [0.1, 0.15) is 5.56 Å². The predicted molar refractivity (Wildman–Crippen MR) is 78.4 cm³/mol. The molecule has 2 rings (SSSR count). The van der Waals surface area contributed by atoms with Crippen LogP contribution in [0.4, 0.5) is 11.4 Å². The number of ether oxygens (including phenoxy) is 1. The second-order valence-electron chi connectivity index (χ2n) is 4.19. The van der Waals surface area contributed by atoms with Gasteiger partial charge in [-0.2, -0.15) is 0 Å². The van der Waals surface area contributed by atoms with E-state index in [0.29, 0.717) is 5.02 Å². The fourth-order valence-electron chi connectivity index (χ4n) is 1.84. The molecule has 0 bridgehead atoms. The largest absolute Gasteiger partial charge is 0.497 e. The minimum absolute atomic E-state index is 0.0536. The van der Waals surface area contributed by atoms with Crippen LogP contribution in [-0.4, -0.2) is 19.3 Å². The lowest BCUT2D eigenvalue weighted by Gasteiger charge is -2.20. The second kappa shape index (κ2) is 5.95. The summed E-state index contributed by atoms with van der Waals surface area (Å²) < 4.78 is 5.22. The molecule has 0 heterocycles. The number of benzene rings is 2. The van der Waals surface area contributed by atoms with E-state index in [-0.39, 0.29) is 6.61 Å². The Hall–Kier alpha value is -1.71.